The molecule has 0 saturated carbocycles. The predicted molar refractivity (Wildman–Crippen MR) is 74.5 cm³/mol. The summed E-state index contributed by atoms with van der Waals surface area (Å²) in [5.41, 5.74) is 6.09. The second-order valence-electron chi connectivity index (χ2n) is 4.25. The first-order chi connectivity index (χ1) is 9.21. The first kappa shape index (κ1) is 19.2. The summed E-state index contributed by atoms with van der Waals surface area (Å²) in [6.07, 6.45) is -3.85. The summed E-state index contributed by atoms with van der Waals surface area (Å²) in [7, 11) is 0. The lowest BCUT2D eigenvalue weighted by molar-refractivity contribution is -0.149. The van der Waals surface area contributed by atoms with E-state index in [1.54, 1.807) is 13.0 Å². The van der Waals surface area contributed by atoms with Crippen LogP contribution in [0.2, 0.25) is 5.02 Å². The average Bonchev–Trinajstić information content (AvgIpc) is 2.37. The summed E-state index contributed by atoms with van der Waals surface area (Å²) in [5, 5.41) is -0.00915. The van der Waals surface area contributed by atoms with Gasteiger partial charge in [0, 0.05) is 0 Å². The SMILES string of the molecule is CC.Cc1cc(CCCC(N)C(F)(F)F)cc(Cl)c1F. The van der Waals surface area contributed by atoms with Gasteiger partial charge in [0.1, 0.15) is 11.9 Å². The summed E-state index contributed by atoms with van der Waals surface area (Å²) in [6, 6.07) is 1.21. The zero-order valence-corrected chi connectivity index (χ0v) is 12.6. The lowest BCUT2D eigenvalue weighted by Crippen LogP contribution is -2.37. The van der Waals surface area contributed by atoms with Crippen LogP contribution in [-0.2, 0) is 6.42 Å². The molecule has 0 bridgehead atoms. The molecule has 6 heteroatoms. The second-order valence-corrected chi connectivity index (χ2v) is 4.66. The molecule has 0 aliphatic carbocycles. The van der Waals surface area contributed by atoms with E-state index in [0.717, 1.165) is 0 Å². The van der Waals surface area contributed by atoms with Gasteiger partial charge in [0.15, 0.2) is 0 Å². The lowest BCUT2D eigenvalue weighted by Gasteiger charge is -2.15. The van der Waals surface area contributed by atoms with E-state index in [9.17, 15) is 17.6 Å². The van der Waals surface area contributed by atoms with Crippen LogP contribution in [0, 0.1) is 12.7 Å². The molecular weight excluding hydrogens is 294 g/mol. The molecule has 0 spiro atoms. The normalized spacial score (nSPS) is 12.7. The molecule has 0 saturated heterocycles. The highest BCUT2D eigenvalue weighted by Crippen LogP contribution is 2.24. The Morgan fingerprint density at radius 2 is 1.80 bits per heavy atom. The Bertz CT molecular complexity index is 395. The molecule has 1 rings (SSSR count). The van der Waals surface area contributed by atoms with E-state index < -0.39 is 18.0 Å². The van der Waals surface area contributed by atoms with Gasteiger partial charge in [0.2, 0.25) is 0 Å². The second kappa shape index (κ2) is 8.47. The van der Waals surface area contributed by atoms with Crippen LogP contribution in [0.1, 0.15) is 37.8 Å². The van der Waals surface area contributed by atoms with E-state index in [2.05, 4.69) is 0 Å². The molecule has 20 heavy (non-hydrogen) atoms. The molecule has 0 heterocycles. The standard InChI is InChI=1S/C12H14ClF4N.C2H6/c1-7-5-8(6-9(13)11(7)14)3-2-4-10(18)12(15,16)17;1-2/h5-6,10H,2-4,18H2,1H3;1-2H3. The van der Waals surface area contributed by atoms with Crippen LogP contribution in [0.4, 0.5) is 17.6 Å². The van der Waals surface area contributed by atoms with Crippen LogP contribution in [0.25, 0.3) is 0 Å². The molecule has 2 N–H and O–H groups in total. The zero-order valence-electron chi connectivity index (χ0n) is 11.8. The molecule has 116 valence electrons. The van der Waals surface area contributed by atoms with Crippen LogP contribution in [0.15, 0.2) is 12.1 Å². The van der Waals surface area contributed by atoms with E-state index in [-0.39, 0.29) is 17.9 Å². The van der Waals surface area contributed by atoms with Gasteiger partial charge < -0.3 is 5.73 Å². The molecule has 0 radical (unpaired) electrons. The first-order valence-electron chi connectivity index (χ1n) is 6.48. The summed E-state index contributed by atoms with van der Waals surface area (Å²) in [4.78, 5) is 0. The molecule has 0 amide bonds. The summed E-state index contributed by atoms with van der Waals surface area (Å²) in [6.45, 7) is 5.56. The van der Waals surface area contributed by atoms with Crippen LogP contribution in [-0.4, -0.2) is 12.2 Å². The highest BCUT2D eigenvalue weighted by Gasteiger charge is 2.35. The summed E-state index contributed by atoms with van der Waals surface area (Å²) in [5.74, 6) is -0.493. The maximum atomic E-state index is 13.2. The topological polar surface area (TPSA) is 26.0 Å². The molecule has 0 aliphatic heterocycles. The molecule has 1 aromatic carbocycles. The largest absolute Gasteiger partial charge is 0.403 e. The summed E-state index contributed by atoms with van der Waals surface area (Å²) < 4.78 is 49.7. The van der Waals surface area contributed by atoms with Gasteiger partial charge in [0.05, 0.1) is 5.02 Å². The molecule has 1 atom stereocenters. The van der Waals surface area contributed by atoms with Crippen molar-refractivity contribution in [1.29, 1.82) is 0 Å². The van der Waals surface area contributed by atoms with E-state index in [1.165, 1.54) is 6.07 Å². The van der Waals surface area contributed by atoms with Crippen molar-refractivity contribution in [2.75, 3.05) is 0 Å². The van der Waals surface area contributed by atoms with Crippen LogP contribution >= 0.6 is 11.6 Å². The van der Waals surface area contributed by atoms with Crippen molar-refractivity contribution >= 4 is 11.6 Å². The molecule has 1 nitrogen and oxygen atoms in total. The fourth-order valence-electron chi connectivity index (χ4n) is 1.63. The number of hydrogen-bond donors (Lipinski definition) is 1. The van der Waals surface area contributed by atoms with Crippen molar-refractivity contribution in [3.8, 4) is 0 Å². The van der Waals surface area contributed by atoms with E-state index >= 15 is 0 Å². The quantitative estimate of drug-likeness (QED) is 0.775. The van der Waals surface area contributed by atoms with Crippen molar-refractivity contribution in [3.63, 3.8) is 0 Å². The van der Waals surface area contributed by atoms with Crippen molar-refractivity contribution in [1.82, 2.24) is 0 Å². The predicted octanol–water partition coefficient (Wildman–Crippen LogP) is 5.03. The fraction of sp³-hybridized carbons (Fsp3) is 0.571. The minimum absolute atomic E-state index is 0.00915. The average molecular weight is 314 g/mol. The zero-order chi connectivity index (χ0) is 15.9. The number of nitrogens with two attached hydrogens (primary N) is 1. The minimum atomic E-state index is -4.36. The first-order valence-corrected chi connectivity index (χ1v) is 6.86. The summed E-state index contributed by atoms with van der Waals surface area (Å²) >= 11 is 5.65. The lowest BCUT2D eigenvalue weighted by atomic mass is 10.0. The number of hydrogen-bond acceptors (Lipinski definition) is 1. The van der Waals surface area contributed by atoms with Gasteiger partial charge in [-0.2, -0.15) is 13.2 Å². The number of halogens is 5. The molecule has 1 aromatic rings. The smallest absolute Gasteiger partial charge is 0.320 e. The maximum Gasteiger partial charge on any atom is 0.403 e. The van der Waals surface area contributed by atoms with Crippen LogP contribution in [0.3, 0.4) is 0 Å². The monoisotopic (exact) mass is 313 g/mol. The molecule has 1 unspecified atom stereocenters. The van der Waals surface area contributed by atoms with Crippen molar-refractivity contribution in [3.05, 3.63) is 34.1 Å². The molecule has 0 aromatic heterocycles. The van der Waals surface area contributed by atoms with Gasteiger partial charge in [0.25, 0.3) is 0 Å². The number of aryl methyl sites for hydroxylation is 2. The van der Waals surface area contributed by atoms with Crippen LogP contribution in [0.5, 0.6) is 0 Å². The van der Waals surface area contributed by atoms with Gasteiger partial charge in [-0.15, -0.1) is 0 Å². The van der Waals surface area contributed by atoms with E-state index in [1.807, 2.05) is 13.8 Å². The Morgan fingerprint density at radius 3 is 2.25 bits per heavy atom. The minimum Gasteiger partial charge on any atom is -0.320 e. The molecule has 0 aliphatic rings. The number of alkyl halides is 3. The third-order valence-electron chi connectivity index (χ3n) is 2.67. The fourth-order valence-corrected chi connectivity index (χ4v) is 1.92. The Kier molecular flexibility index (Phi) is 8.13. The number of rotatable bonds is 4. The highest BCUT2D eigenvalue weighted by atomic mass is 35.5. The van der Waals surface area contributed by atoms with E-state index in [4.69, 9.17) is 17.3 Å². The Balaban J connectivity index is 0.00000172. The Hall–Kier alpha value is -0.810. The third-order valence-corrected chi connectivity index (χ3v) is 2.95. The third kappa shape index (κ3) is 6.09. The van der Waals surface area contributed by atoms with E-state index in [0.29, 0.717) is 17.5 Å². The number of benzene rings is 1. The van der Waals surface area contributed by atoms with Crippen molar-refractivity contribution < 1.29 is 17.6 Å². The van der Waals surface area contributed by atoms with Gasteiger partial charge in [-0.05, 0) is 43.4 Å². The molecular formula is C14H20ClF4N. The van der Waals surface area contributed by atoms with Gasteiger partial charge in [-0.1, -0.05) is 31.5 Å². The van der Waals surface area contributed by atoms with Crippen molar-refractivity contribution in [2.45, 2.75) is 52.3 Å². The Labute approximate surface area is 122 Å². The van der Waals surface area contributed by atoms with Gasteiger partial charge in [-0.3, -0.25) is 0 Å². The van der Waals surface area contributed by atoms with Crippen LogP contribution < -0.4 is 5.73 Å². The Morgan fingerprint density at radius 1 is 1.25 bits per heavy atom. The highest BCUT2D eigenvalue weighted by molar-refractivity contribution is 6.30. The molecule has 0 fully saturated rings. The van der Waals surface area contributed by atoms with Crippen molar-refractivity contribution in [2.24, 2.45) is 5.73 Å². The van der Waals surface area contributed by atoms with Gasteiger partial charge >= 0.3 is 6.18 Å². The van der Waals surface area contributed by atoms with Gasteiger partial charge in [-0.25, -0.2) is 4.39 Å². The maximum absolute atomic E-state index is 13.2.